The Morgan fingerprint density at radius 1 is 1.19 bits per heavy atom. The molecular formula is C17H20ClNO2. The summed E-state index contributed by atoms with van der Waals surface area (Å²) in [5.41, 5.74) is 2.51. The molecule has 1 N–H and O–H groups in total. The van der Waals surface area contributed by atoms with E-state index in [-0.39, 0.29) is 12.0 Å². The van der Waals surface area contributed by atoms with Crippen molar-refractivity contribution in [2.75, 3.05) is 0 Å². The Bertz CT molecular complexity index is 648. The van der Waals surface area contributed by atoms with Crippen molar-refractivity contribution in [2.45, 2.75) is 39.7 Å². The number of hydrogen-bond donors (Lipinski definition) is 1. The minimum atomic E-state index is -0.112. The second kappa shape index (κ2) is 6.04. The smallest absolute Gasteiger partial charge is 0.219 e. The third-order valence-corrected chi connectivity index (χ3v) is 3.59. The van der Waals surface area contributed by atoms with E-state index < -0.39 is 0 Å². The average Bonchev–Trinajstić information content (AvgIpc) is 2.41. The minimum absolute atomic E-state index is 0.0401. The van der Waals surface area contributed by atoms with Gasteiger partial charge in [0.25, 0.3) is 0 Å². The van der Waals surface area contributed by atoms with E-state index in [0.717, 1.165) is 16.8 Å². The summed E-state index contributed by atoms with van der Waals surface area (Å²) >= 11 is 6.01. The maximum atomic E-state index is 9.40. The van der Waals surface area contributed by atoms with Crippen molar-refractivity contribution in [3.8, 4) is 11.6 Å². The van der Waals surface area contributed by atoms with Crippen LogP contribution in [0.2, 0.25) is 5.02 Å². The number of halogens is 1. The van der Waals surface area contributed by atoms with Crippen molar-refractivity contribution in [1.82, 2.24) is 4.98 Å². The van der Waals surface area contributed by atoms with Gasteiger partial charge in [-0.3, -0.25) is 0 Å². The first-order chi connectivity index (χ1) is 9.79. The topological polar surface area (TPSA) is 42.4 Å². The maximum Gasteiger partial charge on any atom is 0.219 e. The number of hydrogen-bond acceptors (Lipinski definition) is 3. The number of benzene rings is 1. The van der Waals surface area contributed by atoms with Gasteiger partial charge < -0.3 is 9.84 Å². The number of aromatic nitrogens is 1. The predicted molar refractivity (Wildman–Crippen MR) is 85.1 cm³/mol. The standard InChI is InChI=1S/C17H20ClNO2/c1-11-7-13(5-6-14(11)18)21-16-9-12(10-20)8-15(19-16)17(2,3)4/h5-9,20H,10H2,1-4H3. The van der Waals surface area contributed by atoms with Crippen LogP contribution in [0.15, 0.2) is 30.3 Å². The summed E-state index contributed by atoms with van der Waals surface area (Å²) in [7, 11) is 0. The monoisotopic (exact) mass is 305 g/mol. The Balaban J connectivity index is 2.36. The van der Waals surface area contributed by atoms with E-state index in [1.807, 2.05) is 19.1 Å². The van der Waals surface area contributed by atoms with Crippen LogP contribution in [0, 0.1) is 6.92 Å². The van der Waals surface area contributed by atoms with Gasteiger partial charge in [-0.2, -0.15) is 0 Å². The number of pyridine rings is 1. The Labute approximate surface area is 130 Å². The van der Waals surface area contributed by atoms with Crippen LogP contribution in [0.25, 0.3) is 0 Å². The van der Waals surface area contributed by atoms with Crippen molar-refractivity contribution in [1.29, 1.82) is 0 Å². The van der Waals surface area contributed by atoms with E-state index in [0.29, 0.717) is 16.7 Å². The molecule has 0 spiro atoms. The first-order valence-electron chi connectivity index (χ1n) is 6.86. The van der Waals surface area contributed by atoms with E-state index in [1.54, 1.807) is 18.2 Å². The van der Waals surface area contributed by atoms with Crippen molar-refractivity contribution < 1.29 is 9.84 Å². The molecule has 112 valence electrons. The highest BCUT2D eigenvalue weighted by molar-refractivity contribution is 6.31. The van der Waals surface area contributed by atoms with Crippen molar-refractivity contribution in [3.63, 3.8) is 0 Å². The predicted octanol–water partition coefficient (Wildman–Crippen LogP) is 4.63. The lowest BCUT2D eigenvalue weighted by Crippen LogP contribution is -2.14. The lowest BCUT2D eigenvalue weighted by molar-refractivity contribution is 0.280. The number of ether oxygens (including phenoxy) is 1. The molecule has 0 fully saturated rings. The highest BCUT2D eigenvalue weighted by Gasteiger charge is 2.17. The van der Waals surface area contributed by atoms with Gasteiger partial charge in [0, 0.05) is 16.5 Å². The first-order valence-corrected chi connectivity index (χ1v) is 7.23. The molecule has 2 rings (SSSR count). The van der Waals surface area contributed by atoms with Crippen LogP contribution < -0.4 is 4.74 Å². The summed E-state index contributed by atoms with van der Waals surface area (Å²) in [5, 5.41) is 10.1. The van der Waals surface area contributed by atoms with Gasteiger partial charge in [-0.25, -0.2) is 4.98 Å². The first kappa shape index (κ1) is 15.8. The molecule has 0 aliphatic heterocycles. The normalized spacial score (nSPS) is 11.5. The lowest BCUT2D eigenvalue weighted by atomic mass is 9.91. The summed E-state index contributed by atoms with van der Waals surface area (Å²) in [4.78, 5) is 4.53. The van der Waals surface area contributed by atoms with Gasteiger partial charge >= 0.3 is 0 Å². The van der Waals surface area contributed by atoms with E-state index in [1.165, 1.54) is 0 Å². The number of aliphatic hydroxyl groups excluding tert-OH is 1. The van der Waals surface area contributed by atoms with Crippen LogP contribution in [0.1, 0.15) is 37.6 Å². The molecule has 0 aliphatic rings. The van der Waals surface area contributed by atoms with E-state index in [2.05, 4.69) is 25.8 Å². The number of aryl methyl sites for hydroxylation is 1. The Morgan fingerprint density at radius 3 is 2.48 bits per heavy atom. The second-order valence-electron chi connectivity index (χ2n) is 6.12. The fourth-order valence-electron chi connectivity index (χ4n) is 1.89. The zero-order valence-electron chi connectivity index (χ0n) is 12.8. The van der Waals surface area contributed by atoms with Gasteiger partial charge in [0.1, 0.15) is 5.75 Å². The molecule has 3 nitrogen and oxygen atoms in total. The maximum absolute atomic E-state index is 9.40. The molecule has 1 heterocycles. The summed E-state index contributed by atoms with van der Waals surface area (Å²) in [6, 6.07) is 9.12. The Kier molecular flexibility index (Phi) is 4.55. The van der Waals surface area contributed by atoms with Crippen LogP contribution >= 0.6 is 11.6 Å². The largest absolute Gasteiger partial charge is 0.439 e. The van der Waals surface area contributed by atoms with Crippen LogP contribution in [0.4, 0.5) is 0 Å². The molecule has 0 aliphatic carbocycles. The lowest BCUT2D eigenvalue weighted by Gasteiger charge is -2.19. The van der Waals surface area contributed by atoms with Crippen molar-refractivity contribution in [2.24, 2.45) is 0 Å². The number of aliphatic hydroxyl groups is 1. The molecule has 0 amide bonds. The van der Waals surface area contributed by atoms with Gasteiger partial charge in [-0.05, 0) is 42.3 Å². The molecule has 0 bridgehead atoms. The van der Waals surface area contributed by atoms with E-state index in [4.69, 9.17) is 16.3 Å². The fraction of sp³-hybridized carbons (Fsp3) is 0.353. The summed E-state index contributed by atoms with van der Waals surface area (Å²) < 4.78 is 5.81. The quantitative estimate of drug-likeness (QED) is 0.899. The van der Waals surface area contributed by atoms with Gasteiger partial charge in [0.2, 0.25) is 5.88 Å². The summed E-state index contributed by atoms with van der Waals surface area (Å²) in [6.07, 6.45) is 0. The fourth-order valence-corrected chi connectivity index (χ4v) is 2.01. The zero-order valence-corrected chi connectivity index (χ0v) is 13.5. The molecule has 1 aromatic carbocycles. The molecule has 2 aromatic rings. The van der Waals surface area contributed by atoms with Gasteiger partial charge in [0.05, 0.1) is 12.3 Å². The van der Waals surface area contributed by atoms with Crippen LogP contribution in [0.3, 0.4) is 0 Å². The van der Waals surface area contributed by atoms with Crippen LogP contribution in [-0.4, -0.2) is 10.1 Å². The van der Waals surface area contributed by atoms with Crippen molar-refractivity contribution in [3.05, 3.63) is 52.2 Å². The van der Waals surface area contributed by atoms with E-state index >= 15 is 0 Å². The zero-order chi connectivity index (χ0) is 15.6. The second-order valence-corrected chi connectivity index (χ2v) is 6.53. The SMILES string of the molecule is Cc1cc(Oc2cc(CO)cc(C(C)(C)C)n2)ccc1Cl. The molecule has 0 radical (unpaired) electrons. The number of rotatable bonds is 3. The Morgan fingerprint density at radius 2 is 1.90 bits per heavy atom. The molecule has 0 saturated heterocycles. The molecular weight excluding hydrogens is 286 g/mol. The molecule has 0 unspecified atom stereocenters. The van der Waals surface area contributed by atoms with Gasteiger partial charge in [-0.1, -0.05) is 32.4 Å². The van der Waals surface area contributed by atoms with Crippen LogP contribution in [-0.2, 0) is 12.0 Å². The molecule has 0 atom stereocenters. The summed E-state index contributed by atoms with van der Waals surface area (Å²) in [6.45, 7) is 8.11. The third kappa shape index (κ3) is 3.96. The third-order valence-electron chi connectivity index (χ3n) is 3.16. The number of nitrogens with zero attached hydrogens (tertiary/aromatic N) is 1. The highest BCUT2D eigenvalue weighted by Crippen LogP contribution is 2.28. The Hall–Kier alpha value is -1.58. The molecule has 4 heteroatoms. The van der Waals surface area contributed by atoms with Crippen molar-refractivity contribution >= 4 is 11.6 Å². The molecule has 1 aromatic heterocycles. The molecule has 0 saturated carbocycles. The van der Waals surface area contributed by atoms with Crippen LogP contribution in [0.5, 0.6) is 11.6 Å². The summed E-state index contributed by atoms with van der Waals surface area (Å²) in [5.74, 6) is 1.16. The van der Waals surface area contributed by atoms with Gasteiger partial charge in [0.15, 0.2) is 0 Å². The minimum Gasteiger partial charge on any atom is -0.439 e. The average molecular weight is 306 g/mol. The van der Waals surface area contributed by atoms with Gasteiger partial charge in [-0.15, -0.1) is 0 Å². The molecule has 21 heavy (non-hydrogen) atoms. The highest BCUT2D eigenvalue weighted by atomic mass is 35.5. The van der Waals surface area contributed by atoms with E-state index in [9.17, 15) is 5.11 Å².